The molecule has 2 unspecified atom stereocenters. The Kier molecular flexibility index (Phi) is 3.56. The van der Waals surface area contributed by atoms with Crippen molar-refractivity contribution in [2.24, 2.45) is 0 Å². The van der Waals surface area contributed by atoms with Crippen LogP contribution < -0.4 is 10.6 Å². The highest BCUT2D eigenvalue weighted by molar-refractivity contribution is 7.09. The van der Waals surface area contributed by atoms with Crippen LogP contribution in [0.5, 0.6) is 0 Å². The minimum absolute atomic E-state index is 0.174. The molecule has 2 N–H and O–H groups in total. The van der Waals surface area contributed by atoms with Gasteiger partial charge in [0.2, 0.25) is 5.91 Å². The number of thiazole rings is 1. The summed E-state index contributed by atoms with van der Waals surface area (Å²) in [5.41, 5.74) is 2.97. The lowest BCUT2D eigenvalue weighted by Crippen LogP contribution is -2.36. The summed E-state index contributed by atoms with van der Waals surface area (Å²) in [5, 5.41) is 6.40. The fraction of sp³-hybridized carbons (Fsp3) is 0.636. The number of carbonyl (C=O) groups excluding carboxylic acids is 1. The first-order valence-electron chi connectivity index (χ1n) is 5.59. The quantitative estimate of drug-likeness (QED) is 0.834. The number of nitrogens with zero attached hydrogens (tertiary/aromatic N) is 1. The van der Waals surface area contributed by atoms with Gasteiger partial charge < -0.3 is 10.6 Å². The number of aryl methyl sites for hydroxylation is 1. The van der Waals surface area contributed by atoms with Gasteiger partial charge in [0, 0.05) is 29.9 Å². The van der Waals surface area contributed by atoms with Crippen molar-refractivity contribution in [1.29, 1.82) is 0 Å². The van der Waals surface area contributed by atoms with Gasteiger partial charge in [-0.1, -0.05) is 0 Å². The number of rotatable bonds is 4. The zero-order valence-electron chi connectivity index (χ0n) is 9.62. The minimum Gasteiger partial charge on any atom is -0.352 e. The summed E-state index contributed by atoms with van der Waals surface area (Å²) in [4.78, 5) is 16.6. The first-order valence-corrected chi connectivity index (χ1v) is 6.47. The van der Waals surface area contributed by atoms with Gasteiger partial charge in [0.1, 0.15) is 0 Å². The summed E-state index contributed by atoms with van der Waals surface area (Å²) in [6, 6.07) is 0.605. The van der Waals surface area contributed by atoms with E-state index in [1.54, 1.807) is 11.3 Å². The molecule has 0 aliphatic carbocycles. The van der Waals surface area contributed by atoms with Gasteiger partial charge in [-0.15, -0.1) is 11.3 Å². The van der Waals surface area contributed by atoms with E-state index in [9.17, 15) is 4.79 Å². The molecule has 5 heteroatoms. The summed E-state index contributed by atoms with van der Waals surface area (Å²) >= 11 is 1.68. The van der Waals surface area contributed by atoms with Gasteiger partial charge in [-0.05, 0) is 20.3 Å². The highest BCUT2D eigenvalue weighted by Gasteiger charge is 2.21. The molecule has 1 aliphatic rings. The van der Waals surface area contributed by atoms with E-state index in [2.05, 4.69) is 22.5 Å². The SMILES string of the molecule is Cc1ncsc1C(C)NCC1CCC(=O)N1. The van der Waals surface area contributed by atoms with E-state index in [0.29, 0.717) is 18.5 Å². The third kappa shape index (κ3) is 2.59. The number of nitrogens with one attached hydrogen (secondary N) is 2. The first-order chi connectivity index (χ1) is 7.66. The van der Waals surface area contributed by atoms with Gasteiger partial charge in [-0.3, -0.25) is 4.79 Å². The summed E-state index contributed by atoms with van der Waals surface area (Å²) in [6.45, 7) is 5.00. The van der Waals surface area contributed by atoms with Crippen molar-refractivity contribution in [3.63, 3.8) is 0 Å². The van der Waals surface area contributed by atoms with E-state index in [1.165, 1.54) is 4.88 Å². The smallest absolute Gasteiger partial charge is 0.220 e. The van der Waals surface area contributed by atoms with Crippen molar-refractivity contribution < 1.29 is 4.79 Å². The molecule has 2 rings (SSSR count). The molecular formula is C11H17N3OS. The highest BCUT2D eigenvalue weighted by atomic mass is 32.1. The Morgan fingerprint density at radius 1 is 1.75 bits per heavy atom. The number of hydrogen-bond donors (Lipinski definition) is 2. The Morgan fingerprint density at radius 3 is 3.12 bits per heavy atom. The number of amides is 1. The molecule has 0 bridgehead atoms. The van der Waals surface area contributed by atoms with Crippen molar-refractivity contribution in [2.45, 2.75) is 38.8 Å². The van der Waals surface area contributed by atoms with Gasteiger partial charge in [0.15, 0.2) is 0 Å². The number of aromatic nitrogens is 1. The van der Waals surface area contributed by atoms with E-state index >= 15 is 0 Å². The number of hydrogen-bond acceptors (Lipinski definition) is 4. The zero-order valence-corrected chi connectivity index (χ0v) is 10.4. The standard InChI is InChI=1S/C11H17N3OS/c1-7(11-8(2)13-6-16-11)12-5-9-3-4-10(15)14-9/h6-7,9,12H,3-5H2,1-2H3,(H,14,15). The molecule has 1 saturated heterocycles. The monoisotopic (exact) mass is 239 g/mol. The molecule has 0 aromatic carbocycles. The fourth-order valence-electron chi connectivity index (χ4n) is 1.97. The Bertz CT molecular complexity index is 377. The number of carbonyl (C=O) groups is 1. The Labute approximate surface area is 99.5 Å². The van der Waals surface area contributed by atoms with Crippen molar-refractivity contribution in [3.8, 4) is 0 Å². The predicted octanol–water partition coefficient (Wildman–Crippen LogP) is 1.38. The molecule has 1 aromatic heterocycles. The Hall–Kier alpha value is -0.940. The molecule has 2 atom stereocenters. The Balaban J connectivity index is 1.82. The molecule has 4 nitrogen and oxygen atoms in total. The molecule has 1 amide bonds. The minimum atomic E-state index is 0.174. The fourth-order valence-corrected chi connectivity index (χ4v) is 2.80. The van der Waals surface area contributed by atoms with Gasteiger partial charge in [0.05, 0.1) is 11.2 Å². The molecule has 1 fully saturated rings. The molecule has 88 valence electrons. The summed E-state index contributed by atoms with van der Waals surface area (Å²) in [5.74, 6) is 0.174. The van der Waals surface area contributed by atoms with E-state index < -0.39 is 0 Å². The summed E-state index contributed by atoms with van der Waals surface area (Å²) < 4.78 is 0. The van der Waals surface area contributed by atoms with Gasteiger partial charge in [0.25, 0.3) is 0 Å². The molecule has 0 radical (unpaired) electrons. The van der Waals surface area contributed by atoms with E-state index in [1.807, 2.05) is 12.4 Å². The second-order valence-corrected chi connectivity index (χ2v) is 5.12. The summed E-state index contributed by atoms with van der Waals surface area (Å²) in [7, 11) is 0. The van der Waals surface area contributed by atoms with E-state index in [0.717, 1.165) is 18.7 Å². The van der Waals surface area contributed by atoms with Crippen LogP contribution in [0.4, 0.5) is 0 Å². The van der Waals surface area contributed by atoms with Crippen molar-refractivity contribution in [3.05, 3.63) is 16.1 Å². The van der Waals surface area contributed by atoms with Crippen LogP contribution in [0.2, 0.25) is 0 Å². The van der Waals surface area contributed by atoms with Crippen LogP contribution in [-0.4, -0.2) is 23.5 Å². The van der Waals surface area contributed by atoms with E-state index in [4.69, 9.17) is 0 Å². The van der Waals surface area contributed by atoms with Gasteiger partial charge >= 0.3 is 0 Å². The van der Waals surface area contributed by atoms with Crippen LogP contribution in [-0.2, 0) is 4.79 Å². The molecule has 0 saturated carbocycles. The molecule has 16 heavy (non-hydrogen) atoms. The van der Waals surface area contributed by atoms with Crippen LogP contribution >= 0.6 is 11.3 Å². The van der Waals surface area contributed by atoms with Crippen molar-refractivity contribution >= 4 is 17.2 Å². The normalized spacial score (nSPS) is 22.1. The zero-order chi connectivity index (χ0) is 11.5. The maximum Gasteiger partial charge on any atom is 0.220 e. The van der Waals surface area contributed by atoms with Crippen molar-refractivity contribution in [1.82, 2.24) is 15.6 Å². The second kappa shape index (κ2) is 4.93. The average molecular weight is 239 g/mol. The topological polar surface area (TPSA) is 54.0 Å². The maximum atomic E-state index is 11.0. The van der Waals surface area contributed by atoms with Gasteiger partial charge in [-0.25, -0.2) is 4.98 Å². The van der Waals surface area contributed by atoms with Crippen LogP contribution in [0.1, 0.15) is 36.4 Å². The van der Waals surface area contributed by atoms with Crippen LogP contribution in [0, 0.1) is 6.92 Å². The molecule has 1 aromatic rings. The molecule has 1 aliphatic heterocycles. The largest absolute Gasteiger partial charge is 0.352 e. The second-order valence-electron chi connectivity index (χ2n) is 4.24. The summed E-state index contributed by atoms with van der Waals surface area (Å²) in [6.07, 6.45) is 1.61. The van der Waals surface area contributed by atoms with Crippen molar-refractivity contribution in [2.75, 3.05) is 6.54 Å². The lowest BCUT2D eigenvalue weighted by molar-refractivity contribution is -0.119. The molecule has 0 spiro atoms. The molecule has 2 heterocycles. The van der Waals surface area contributed by atoms with Gasteiger partial charge in [-0.2, -0.15) is 0 Å². The van der Waals surface area contributed by atoms with Crippen LogP contribution in [0.3, 0.4) is 0 Å². The predicted molar refractivity (Wildman–Crippen MR) is 64.4 cm³/mol. The van der Waals surface area contributed by atoms with Crippen LogP contribution in [0.25, 0.3) is 0 Å². The third-order valence-corrected chi connectivity index (χ3v) is 4.05. The highest BCUT2D eigenvalue weighted by Crippen LogP contribution is 2.21. The van der Waals surface area contributed by atoms with E-state index in [-0.39, 0.29) is 5.91 Å². The lowest BCUT2D eigenvalue weighted by atomic mass is 10.2. The molecular weight excluding hydrogens is 222 g/mol. The maximum absolute atomic E-state index is 11.0. The third-order valence-electron chi connectivity index (χ3n) is 2.93. The first kappa shape index (κ1) is 11.5. The lowest BCUT2D eigenvalue weighted by Gasteiger charge is -2.16. The average Bonchev–Trinajstić information content (AvgIpc) is 2.84. The van der Waals surface area contributed by atoms with Crippen LogP contribution in [0.15, 0.2) is 5.51 Å². The Morgan fingerprint density at radius 2 is 2.56 bits per heavy atom.